The van der Waals surface area contributed by atoms with Gasteiger partial charge in [-0.15, -0.1) is 0 Å². The van der Waals surface area contributed by atoms with Crippen molar-refractivity contribution >= 4 is 0 Å². The van der Waals surface area contributed by atoms with E-state index in [9.17, 15) is 0 Å². The second-order valence-corrected chi connectivity index (χ2v) is 5.05. The third kappa shape index (κ3) is 3.20. The van der Waals surface area contributed by atoms with Crippen molar-refractivity contribution < 1.29 is 4.74 Å². The van der Waals surface area contributed by atoms with Gasteiger partial charge in [0.2, 0.25) is 5.88 Å². The van der Waals surface area contributed by atoms with Gasteiger partial charge in [0, 0.05) is 13.6 Å². The monoisotopic (exact) mass is 273 g/mol. The molecule has 0 aliphatic rings. The van der Waals surface area contributed by atoms with Crippen molar-refractivity contribution in [3.63, 3.8) is 0 Å². The number of ether oxygens (including phenoxy) is 1. The molecule has 0 spiro atoms. The predicted molar refractivity (Wildman–Crippen MR) is 81.0 cm³/mol. The highest BCUT2D eigenvalue weighted by Gasteiger charge is 2.13. The van der Waals surface area contributed by atoms with Gasteiger partial charge in [-0.1, -0.05) is 25.5 Å². The number of hydrogen-bond acceptors (Lipinski definition) is 3. The predicted octanol–water partition coefficient (Wildman–Crippen LogP) is 3.32. The van der Waals surface area contributed by atoms with Gasteiger partial charge in [-0.2, -0.15) is 5.10 Å². The summed E-state index contributed by atoms with van der Waals surface area (Å²) >= 11 is 0. The van der Waals surface area contributed by atoms with Gasteiger partial charge in [0.15, 0.2) is 0 Å². The van der Waals surface area contributed by atoms with Crippen LogP contribution in [-0.2, 0) is 20.0 Å². The summed E-state index contributed by atoms with van der Waals surface area (Å²) in [7, 11) is 1.87. The van der Waals surface area contributed by atoms with E-state index < -0.39 is 0 Å². The first-order valence-electron chi connectivity index (χ1n) is 7.15. The Morgan fingerprint density at radius 2 is 1.95 bits per heavy atom. The molecule has 0 saturated carbocycles. The van der Waals surface area contributed by atoms with Crippen molar-refractivity contribution in [2.24, 2.45) is 12.8 Å². The minimum atomic E-state index is 0.434. The molecule has 0 saturated heterocycles. The second-order valence-electron chi connectivity index (χ2n) is 5.05. The Morgan fingerprint density at radius 3 is 2.55 bits per heavy atom. The number of nitrogens with zero attached hydrogens (tertiary/aromatic N) is 2. The highest BCUT2D eigenvalue weighted by atomic mass is 16.5. The smallest absolute Gasteiger partial charge is 0.222 e. The Bertz CT molecular complexity index is 558. The van der Waals surface area contributed by atoms with Crippen LogP contribution in [-0.4, -0.2) is 9.78 Å². The first-order valence-corrected chi connectivity index (χ1v) is 7.15. The van der Waals surface area contributed by atoms with Gasteiger partial charge in [0.25, 0.3) is 0 Å². The summed E-state index contributed by atoms with van der Waals surface area (Å²) in [6.07, 6.45) is 3.56. The van der Waals surface area contributed by atoms with Gasteiger partial charge in [0.1, 0.15) is 5.75 Å². The maximum absolute atomic E-state index is 5.93. The third-order valence-corrected chi connectivity index (χ3v) is 3.45. The van der Waals surface area contributed by atoms with Crippen molar-refractivity contribution in [2.45, 2.75) is 39.7 Å². The molecular formula is C16H23N3O. The topological polar surface area (TPSA) is 53.1 Å². The van der Waals surface area contributed by atoms with Gasteiger partial charge in [-0.25, -0.2) is 4.68 Å². The normalized spacial score (nSPS) is 10.8. The van der Waals surface area contributed by atoms with E-state index in [2.05, 4.69) is 24.2 Å². The number of rotatable bonds is 6. The maximum atomic E-state index is 5.93. The third-order valence-electron chi connectivity index (χ3n) is 3.45. The fourth-order valence-corrected chi connectivity index (χ4v) is 2.26. The lowest BCUT2D eigenvalue weighted by Crippen LogP contribution is -2.01. The lowest BCUT2D eigenvalue weighted by molar-refractivity contribution is 0.426. The van der Waals surface area contributed by atoms with E-state index in [1.54, 1.807) is 4.68 Å². The van der Waals surface area contributed by atoms with Crippen LogP contribution < -0.4 is 10.5 Å². The molecule has 2 aromatic rings. The lowest BCUT2D eigenvalue weighted by Gasteiger charge is -2.08. The zero-order valence-corrected chi connectivity index (χ0v) is 12.5. The van der Waals surface area contributed by atoms with E-state index in [1.165, 1.54) is 18.4 Å². The molecule has 0 aliphatic carbocycles. The molecule has 0 bridgehead atoms. The quantitative estimate of drug-likeness (QED) is 0.878. The second kappa shape index (κ2) is 6.57. The highest BCUT2D eigenvalue weighted by molar-refractivity contribution is 5.36. The van der Waals surface area contributed by atoms with E-state index in [-0.39, 0.29) is 0 Å². The molecule has 2 rings (SSSR count). The van der Waals surface area contributed by atoms with Gasteiger partial charge in [0.05, 0.1) is 11.3 Å². The maximum Gasteiger partial charge on any atom is 0.222 e. The van der Waals surface area contributed by atoms with Crippen molar-refractivity contribution in [1.82, 2.24) is 9.78 Å². The molecule has 4 nitrogen and oxygen atoms in total. The van der Waals surface area contributed by atoms with Crippen LogP contribution >= 0.6 is 0 Å². The molecule has 1 heterocycles. The number of hydrogen-bond donors (Lipinski definition) is 1. The van der Waals surface area contributed by atoms with Crippen LogP contribution in [0.3, 0.4) is 0 Å². The standard InChI is InChI=1S/C16H23N3O/c1-4-5-6-13-7-9-14(10-8-13)20-16-15(11-17)12(2)18-19(16)3/h7-10H,4-6,11,17H2,1-3H3. The summed E-state index contributed by atoms with van der Waals surface area (Å²) in [5, 5.41) is 4.35. The van der Waals surface area contributed by atoms with Crippen LogP contribution in [0.2, 0.25) is 0 Å². The summed E-state index contributed by atoms with van der Waals surface area (Å²) in [6.45, 7) is 4.59. The molecule has 0 fully saturated rings. The summed E-state index contributed by atoms with van der Waals surface area (Å²) in [5.74, 6) is 1.55. The SMILES string of the molecule is CCCCc1ccc(Oc2c(CN)c(C)nn2C)cc1. The fraction of sp³-hybridized carbons (Fsp3) is 0.438. The van der Waals surface area contributed by atoms with Crippen LogP contribution in [0.15, 0.2) is 24.3 Å². The zero-order valence-electron chi connectivity index (χ0n) is 12.5. The largest absolute Gasteiger partial charge is 0.439 e. The number of unbranched alkanes of at least 4 members (excludes halogenated alkanes) is 1. The molecule has 108 valence electrons. The van der Waals surface area contributed by atoms with Gasteiger partial charge in [-0.3, -0.25) is 0 Å². The van der Waals surface area contributed by atoms with Gasteiger partial charge < -0.3 is 10.5 Å². The number of aryl methyl sites for hydroxylation is 3. The van der Waals surface area contributed by atoms with E-state index in [4.69, 9.17) is 10.5 Å². The van der Waals surface area contributed by atoms with E-state index >= 15 is 0 Å². The average molecular weight is 273 g/mol. The molecule has 2 N–H and O–H groups in total. The average Bonchev–Trinajstić information content (AvgIpc) is 2.72. The molecule has 4 heteroatoms. The summed E-state index contributed by atoms with van der Waals surface area (Å²) in [5.41, 5.74) is 8.99. The Morgan fingerprint density at radius 1 is 1.25 bits per heavy atom. The number of aromatic nitrogens is 2. The first-order chi connectivity index (χ1) is 9.65. The van der Waals surface area contributed by atoms with Gasteiger partial charge >= 0.3 is 0 Å². The minimum absolute atomic E-state index is 0.434. The highest BCUT2D eigenvalue weighted by Crippen LogP contribution is 2.27. The molecule has 0 radical (unpaired) electrons. The Kier molecular flexibility index (Phi) is 4.79. The molecule has 0 aliphatic heterocycles. The number of nitrogens with two attached hydrogens (primary N) is 1. The molecule has 0 amide bonds. The Hall–Kier alpha value is -1.81. The van der Waals surface area contributed by atoms with Crippen LogP contribution in [0.4, 0.5) is 0 Å². The van der Waals surface area contributed by atoms with Crippen molar-refractivity contribution in [3.05, 3.63) is 41.1 Å². The Balaban J connectivity index is 2.14. The van der Waals surface area contributed by atoms with E-state index in [0.717, 1.165) is 29.3 Å². The minimum Gasteiger partial charge on any atom is -0.439 e. The fourth-order valence-electron chi connectivity index (χ4n) is 2.26. The summed E-state index contributed by atoms with van der Waals surface area (Å²) < 4.78 is 7.67. The van der Waals surface area contributed by atoms with E-state index in [0.29, 0.717) is 6.54 Å². The molecule has 1 aromatic heterocycles. The molecule has 20 heavy (non-hydrogen) atoms. The lowest BCUT2D eigenvalue weighted by atomic mass is 10.1. The molecule has 1 aromatic carbocycles. The molecular weight excluding hydrogens is 250 g/mol. The zero-order chi connectivity index (χ0) is 14.5. The summed E-state index contributed by atoms with van der Waals surface area (Å²) in [6, 6.07) is 8.26. The van der Waals surface area contributed by atoms with Crippen LogP contribution in [0.5, 0.6) is 11.6 Å². The summed E-state index contributed by atoms with van der Waals surface area (Å²) in [4.78, 5) is 0. The van der Waals surface area contributed by atoms with Crippen molar-refractivity contribution in [1.29, 1.82) is 0 Å². The van der Waals surface area contributed by atoms with Crippen LogP contribution in [0, 0.1) is 6.92 Å². The van der Waals surface area contributed by atoms with Gasteiger partial charge in [-0.05, 0) is 37.5 Å². The first kappa shape index (κ1) is 14.6. The van der Waals surface area contributed by atoms with Crippen LogP contribution in [0.25, 0.3) is 0 Å². The van der Waals surface area contributed by atoms with Crippen molar-refractivity contribution in [3.8, 4) is 11.6 Å². The van der Waals surface area contributed by atoms with Crippen LogP contribution in [0.1, 0.15) is 36.6 Å². The Labute approximate surface area is 120 Å². The van der Waals surface area contributed by atoms with E-state index in [1.807, 2.05) is 26.1 Å². The molecule has 0 atom stereocenters. The van der Waals surface area contributed by atoms with Crippen molar-refractivity contribution in [2.75, 3.05) is 0 Å². The molecule has 0 unspecified atom stereocenters. The number of benzene rings is 1.